The highest BCUT2D eigenvalue weighted by Gasteiger charge is 2.31. The number of ether oxygens (including phenoxy) is 1. The highest BCUT2D eigenvalue weighted by atomic mass is 32.2. The van der Waals surface area contributed by atoms with Gasteiger partial charge in [0.05, 0.1) is 5.56 Å². The van der Waals surface area contributed by atoms with Crippen molar-refractivity contribution >= 4 is 22.0 Å². The highest BCUT2D eigenvalue weighted by Crippen LogP contribution is 2.31. The quantitative estimate of drug-likeness (QED) is 0.672. The van der Waals surface area contributed by atoms with Gasteiger partial charge in [-0.2, -0.15) is 17.5 Å². The van der Waals surface area contributed by atoms with Crippen molar-refractivity contribution in [2.75, 3.05) is 32.8 Å². The first-order valence-corrected chi connectivity index (χ1v) is 11.0. The third-order valence-corrected chi connectivity index (χ3v) is 6.27. The maximum absolute atomic E-state index is 12.8. The first-order valence-electron chi connectivity index (χ1n) is 9.46. The summed E-state index contributed by atoms with van der Waals surface area (Å²) in [5, 5.41) is 1.14. The number of carbonyl (C=O) groups excluding carboxylic acids is 1. The molecule has 2 aromatic rings. The summed E-state index contributed by atoms with van der Waals surface area (Å²) >= 11 is 0. The van der Waals surface area contributed by atoms with Crippen LogP contribution in [0.3, 0.4) is 0 Å². The Bertz CT molecular complexity index is 1030. The van der Waals surface area contributed by atoms with Crippen LogP contribution in [0, 0.1) is 0 Å². The summed E-state index contributed by atoms with van der Waals surface area (Å²) in [5.41, 5.74) is -0.105. The molecule has 1 amide bonds. The fourth-order valence-corrected chi connectivity index (χ4v) is 4.18. The topological polar surface area (TPSA) is 66.9 Å². The van der Waals surface area contributed by atoms with E-state index in [0.29, 0.717) is 0 Å². The van der Waals surface area contributed by atoms with E-state index in [1.54, 1.807) is 24.3 Å². The molecule has 6 nitrogen and oxygen atoms in total. The minimum absolute atomic E-state index is 0.0598. The maximum atomic E-state index is 12.8. The third-order valence-electron chi connectivity index (χ3n) is 4.71. The zero-order valence-electron chi connectivity index (χ0n) is 16.5. The van der Waals surface area contributed by atoms with Gasteiger partial charge in [0.1, 0.15) is 5.75 Å². The number of rotatable bonds is 6. The Morgan fingerprint density at radius 2 is 1.68 bits per heavy atom. The van der Waals surface area contributed by atoms with Crippen molar-refractivity contribution in [2.45, 2.75) is 6.18 Å². The zero-order valence-corrected chi connectivity index (χ0v) is 17.3. The number of alkyl halides is 3. The van der Waals surface area contributed by atoms with E-state index in [9.17, 15) is 26.4 Å². The second kappa shape index (κ2) is 9.52. The van der Waals surface area contributed by atoms with Gasteiger partial charge in [0.2, 0.25) is 10.0 Å². The standard InChI is InChI=1S/C21H21F3N2O4S/c22-21(23,24)18-7-4-8-19(15-18)30-16-20(27)25-10-12-26(13-11-25)31(28,29)14-9-17-5-2-1-3-6-17/h1-9,14-15H,10-13,16H2. The van der Waals surface area contributed by atoms with E-state index >= 15 is 0 Å². The molecule has 0 bridgehead atoms. The Labute approximate surface area is 178 Å². The number of hydrogen-bond acceptors (Lipinski definition) is 4. The fourth-order valence-electron chi connectivity index (χ4n) is 3.01. The molecule has 1 saturated heterocycles. The van der Waals surface area contributed by atoms with E-state index < -0.39 is 34.3 Å². The molecule has 3 rings (SSSR count). The predicted molar refractivity (Wildman–Crippen MR) is 109 cm³/mol. The Morgan fingerprint density at radius 1 is 1.00 bits per heavy atom. The minimum atomic E-state index is -4.50. The molecule has 10 heteroatoms. The molecule has 0 radical (unpaired) electrons. The van der Waals surface area contributed by atoms with Gasteiger partial charge >= 0.3 is 6.18 Å². The van der Waals surface area contributed by atoms with Gasteiger partial charge < -0.3 is 9.64 Å². The summed E-state index contributed by atoms with van der Waals surface area (Å²) in [4.78, 5) is 13.7. The van der Waals surface area contributed by atoms with Crippen molar-refractivity contribution in [3.63, 3.8) is 0 Å². The number of carbonyl (C=O) groups is 1. The molecule has 1 aliphatic rings. The lowest BCUT2D eigenvalue weighted by atomic mass is 10.2. The van der Waals surface area contributed by atoms with Gasteiger partial charge in [-0.1, -0.05) is 36.4 Å². The number of piperazine rings is 1. The lowest BCUT2D eigenvalue weighted by Gasteiger charge is -2.33. The molecule has 0 unspecified atom stereocenters. The second-order valence-corrected chi connectivity index (χ2v) is 8.67. The van der Waals surface area contributed by atoms with E-state index in [0.717, 1.165) is 23.1 Å². The average Bonchev–Trinajstić information content (AvgIpc) is 2.76. The van der Waals surface area contributed by atoms with Crippen LogP contribution in [-0.4, -0.2) is 56.3 Å². The number of benzene rings is 2. The van der Waals surface area contributed by atoms with Crippen molar-refractivity contribution in [3.05, 3.63) is 71.1 Å². The number of nitrogens with zero attached hydrogens (tertiary/aromatic N) is 2. The molecule has 0 atom stereocenters. The van der Waals surface area contributed by atoms with Crippen LogP contribution < -0.4 is 4.74 Å². The van der Waals surface area contributed by atoms with Gasteiger partial charge in [-0.3, -0.25) is 4.79 Å². The molecule has 166 valence electrons. The Hall–Kier alpha value is -2.85. The Balaban J connectivity index is 1.51. The molecule has 0 saturated carbocycles. The predicted octanol–water partition coefficient (Wildman–Crippen LogP) is 3.23. The molecule has 1 heterocycles. The van der Waals surface area contributed by atoms with Crippen molar-refractivity contribution in [3.8, 4) is 5.75 Å². The van der Waals surface area contributed by atoms with E-state index in [2.05, 4.69) is 0 Å². The van der Waals surface area contributed by atoms with Crippen LogP contribution in [0.4, 0.5) is 13.2 Å². The minimum Gasteiger partial charge on any atom is -0.484 e. The van der Waals surface area contributed by atoms with Crippen LogP contribution in [0.1, 0.15) is 11.1 Å². The number of hydrogen-bond donors (Lipinski definition) is 0. The summed E-state index contributed by atoms with van der Waals surface area (Å²) in [6.45, 7) is 0.155. The van der Waals surface area contributed by atoms with Crippen LogP contribution in [0.5, 0.6) is 5.75 Å². The van der Waals surface area contributed by atoms with Crippen LogP contribution in [0.15, 0.2) is 60.0 Å². The van der Waals surface area contributed by atoms with Crippen LogP contribution >= 0.6 is 0 Å². The van der Waals surface area contributed by atoms with Gasteiger partial charge in [-0.25, -0.2) is 8.42 Å². The van der Waals surface area contributed by atoms with Crippen LogP contribution in [0.25, 0.3) is 6.08 Å². The smallest absolute Gasteiger partial charge is 0.416 e. The van der Waals surface area contributed by atoms with E-state index in [1.807, 2.05) is 6.07 Å². The van der Waals surface area contributed by atoms with Crippen molar-refractivity contribution in [1.29, 1.82) is 0 Å². The summed E-state index contributed by atoms with van der Waals surface area (Å²) in [5.74, 6) is -0.482. The highest BCUT2D eigenvalue weighted by molar-refractivity contribution is 7.92. The monoisotopic (exact) mass is 454 g/mol. The molecule has 0 aliphatic carbocycles. The molecule has 1 aliphatic heterocycles. The number of halogens is 3. The van der Waals surface area contributed by atoms with Crippen molar-refractivity contribution < 1.29 is 31.1 Å². The van der Waals surface area contributed by atoms with Crippen molar-refractivity contribution in [1.82, 2.24) is 9.21 Å². The molecule has 2 aromatic carbocycles. The number of amides is 1. The maximum Gasteiger partial charge on any atom is 0.416 e. The lowest BCUT2D eigenvalue weighted by Crippen LogP contribution is -2.51. The summed E-state index contributed by atoms with van der Waals surface area (Å²) < 4.78 is 69.7. The molecular weight excluding hydrogens is 433 g/mol. The summed E-state index contributed by atoms with van der Waals surface area (Å²) in [7, 11) is -3.63. The van der Waals surface area contributed by atoms with E-state index in [-0.39, 0.29) is 31.9 Å². The average molecular weight is 454 g/mol. The molecule has 0 aromatic heterocycles. The zero-order chi connectivity index (χ0) is 22.5. The first kappa shape index (κ1) is 22.8. The van der Waals surface area contributed by atoms with Gasteiger partial charge in [0, 0.05) is 31.6 Å². The lowest BCUT2D eigenvalue weighted by molar-refractivity contribution is -0.137. The molecule has 0 N–H and O–H groups in total. The van der Waals surface area contributed by atoms with Gasteiger partial charge in [0.25, 0.3) is 5.91 Å². The summed E-state index contributed by atoms with van der Waals surface area (Å²) in [6.07, 6.45) is -2.99. The van der Waals surface area contributed by atoms with E-state index in [4.69, 9.17) is 4.74 Å². The van der Waals surface area contributed by atoms with Gasteiger partial charge in [-0.15, -0.1) is 0 Å². The molecule has 1 fully saturated rings. The Morgan fingerprint density at radius 3 is 2.32 bits per heavy atom. The van der Waals surface area contributed by atoms with Gasteiger partial charge in [-0.05, 0) is 29.8 Å². The SMILES string of the molecule is O=C(COc1cccc(C(F)(F)F)c1)N1CCN(S(=O)(=O)C=Cc2ccccc2)CC1. The van der Waals surface area contributed by atoms with Crippen LogP contribution in [0.2, 0.25) is 0 Å². The normalized spacial score (nSPS) is 15.9. The molecule has 31 heavy (non-hydrogen) atoms. The molecule has 0 spiro atoms. The van der Waals surface area contributed by atoms with Crippen molar-refractivity contribution in [2.24, 2.45) is 0 Å². The van der Waals surface area contributed by atoms with E-state index in [1.165, 1.54) is 27.4 Å². The first-order chi connectivity index (χ1) is 14.6. The molecular formula is C21H21F3N2O4S. The Kier molecular flexibility index (Phi) is 7.01. The fraction of sp³-hybridized carbons (Fsp3) is 0.286. The largest absolute Gasteiger partial charge is 0.484 e. The third kappa shape index (κ3) is 6.31. The second-order valence-electron chi connectivity index (χ2n) is 6.85. The number of sulfonamides is 1. The van der Waals surface area contributed by atoms with Crippen LogP contribution in [-0.2, 0) is 21.0 Å². The summed E-state index contributed by atoms with van der Waals surface area (Å²) in [6, 6.07) is 13.3. The van der Waals surface area contributed by atoms with Gasteiger partial charge in [0.15, 0.2) is 6.61 Å².